The summed E-state index contributed by atoms with van der Waals surface area (Å²) in [5, 5.41) is 9.38. The van der Waals surface area contributed by atoms with Crippen LogP contribution in [-0.2, 0) is 6.42 Å². The van der Waals surface area contributed by atoms with Crippen molar-refractivity contribution in [1.82, 2.24) is 4.98 Å². The minimum Gasteiger partial charge on any atom is -0.455 e. The number of rotatable bonds is 4. The van der Waals surface area contributed by atoms with E-state index in [4.69, 9.17) is 4.74 Å². The van der Waals surface area contributed by atoms with Gasteiger partial charge in [0, 0.05) is 0 Å². The molecule has 3 nitrogen and oxygen atoms in total. The minimum atomic E-state index is -0.554. The van der Waals surface area contributed by atoms with Gasteiger partial charge < -0.3 is 9.84 Å². The van der Waals surface area contributed by atoms with E-state index in [9.17, 15) is 5.11 Å². The lowest BCUT2D eigenvalue weighted by Crippen LogP contribution is -1.96. The molecule has 0 aliphatic heterocycles. The fraction of sp³-hybridized carbons (Fsp3) is 0.267. The van der Waals surface area contributed by atoms with Gasteiger partial charge in [-0.2, -0.15) is 0 Å². The van der Waals surface area contributed by atoms with Crippen molar-refractivity contribution in [2.24, 2.45) is 0 Å². The summed E-state index contributed by atoms with van der Waals surface area (Å²) in [6, 6.07) is 11.5. The van der Waals surface area contributed by atoms with Gasteiger partial charge in [0.05, 0.1) is 18.0 Å². The molecule has 0 aliphatic carbocycles. The van der Waals surface area contributed by atoms with E-state index < -0.39 is 6.10 Å². The molecule has 0 saturated heterocycles. The van der Waals surface area contributed by atoms with E-state index >= 15 is 0 Å². The van der Waals surface area contributed by atoms with E-state index in [-0.39, 0.29) is 0 Å². The number of ether oxygens (including phenoxy) is 1. The molecule has 0 amide bonds. The number of hydrogen-bond donors (Lipinski definition) is 1. The third-order valence-electron chi connectivity index (χ3n) is 2.77. The summed E-state index contributed by atoms with van der Waals surface area (Å²) < 4.78 is 5.79. The van der Waals surface area contributed by atoms with E-state index in [0.29, 0.717) is 11.4 Å². The first-order valence-corrected chi connectivity index (χ1v) is 6.10. The highest BCUT2D eigenvalue weighted by Gasteiger charge is 2.05. The smallest absolute Gasteiger partial charge is 0.145 e. The molecule has 0 bridgehead atoms. The largest absolute Gasteiger partial charge is 0.455 e. The topological polar surface area (TPSA) is 42.4 Å². The highest BCUT2D eigenvalue weighted by molar-refractivity contribution is 5.37. The molecule has 1 aromatic heterocycles. The molecule has 3 heteroatoms. The number of aromatic nitrogens is 1. The molecular weight excluding hydrogens is 226 g/mol. The maximum absolute atomic E-state index is 9.38. The molecule has 94 valence electrons. The van der Waals surface area contributed by atoms with Gasteiger partial charge in [0.2, 0.25) is 0 Å². The molecule has 18 heavy (non-hydrogen) atoms. The fourth-order valence-electron chi connectivity index (χ4n) is 1.72. The first-order chi connectivity index (χ1) is 8.70. The third-order valence-corrected chi connectivity index (χ3v) is 2.77. The monoisotopic (exact) mass is 243 g/mol. The number of aliphatic hydroxyl groups excluding tert-OH is 1. The molecule has 0 saturated carbocycles. The predicted molar refractivity (Wildman–Crippen MR) is 70.8 cm³/mol. The zero-order chi connectivity index (χ0) is 13.0. The minimum absolute atomic E-state index is 0.554. The zero-order valence-corrected chi connectivity index (χ0v) is 10.6. The van der Waals surface area contributed by atoms with Crippen LogP contribution in [-0.4, -0.2) is 10.1 Å². The van der Waals surface area contributed by atoms with Gasteiger partial charge in [-0.15, -0.1) is 0 Å². The average molecular weight is 243 g/mol. The molecule has 0 unspecified atom stereocenters. The SMILES string of the molecule is CCc1ccccc1Oc1ccc([C@H](C)O)nc1. The van der Waals surface area contributed by atoms with E-state index in [0.717, 1.165) is 17.7 Å². The van der Waals surface area contributed by atoms with Crippen molar-refractivity contribution in [3.63, 3.8) is 0 Å². The molecule has 1 aromatic carbocycles. The summed E-state index contributed by atoms with van der Waals surface area (Å²) in [4.78, 5) is 4.15. The van der Waals surface area contributed by atoms with E-state index in [1.165, 1.54) is 0 Å². The van der Waals surface area contributed by atoms with Crippen LogP contribution in [0.5, 0.6) is 11.5 Å². The Labute approximate surface area is 107 Å². The van der Waals surface area contributed by atoms with E-state index in [2.05, 4.69) is 11.9 Å². The maximum atomic E-state index is 9.38. The van der Waals surface area contributed by atoms with E-state index in [1.807, 2.05) is 30.3 Å². The van der Waals surface area contributed by atoms with Gasteiger partial charge >= 0.3 is 0 Å². The quantitative estimate of drug-likeness (QED) is 0.893. The van der Waals surface area contributed by atoms with Gasteiger partial charge in [0.25, 0.3) is 0 Å². The molecule has 0 spiro atoms. The molecule has 2 aromatic rings. The number of nitrogens with zero attached hydrogens (tertiary/aromatic N) is 1. The number of para-hydroxylation sites is 1. The Bertz CT molecular complexity index is 506. The number of aryl methyl sites for hydroxylation is 1. The Morgan fingerprint density at radius 2 is 2.00 bits per heavy atom. The van der Waals surface area contributed by atoms with Gasteiger partial charge in [-0.25, -0.2) is 0 Å². The van der Waals surface area contributed by atoms with Crippen LogP contribution >= 0.6 is 0 Å². The van der Waals surface area contributed by atoms with Gasteiger partial charge in [-0.3, -0.25) is 4.98 Å². The summed E-state index contributed by atoms with van der Waals surface area (Å²) in [5.41, 5.74) is 1.81. The van der Waals surface area contributed by atoms with Crippen molar-refractivity contribution in [2.45, 2.75) is 26.4 Å². The normalized spacial score (nSPS) is 12.2. The molecular formula is C15H17NO2. The molecule has 0 fully saturated rings. The van der Waals surface area contributed by atoms with Crippen molar-refractivity contribution in [3.8, 4) is 11.5 Å². The second-order valence-corrected chi connectivity index (χ2v) is 4.16. The Morgan fingerprint density at radius 3 is 2.61 bits per heavy atom. The molecule has 2 rings (SSSR count). The van der Waals surface area contributed by atoms with Crippen LogP contribution < -0.4 is 4.74 Å². The first-order valence-electron chi connectivity index (χ1n) is 6.10. The predicted octanol–water partition coefficient (Wildman–Crippen LogP) is 3.49. The van der Waals surface area contributed by atoms with Crippen LogP contribution in [0.3, 0.4) is 0 Å². The Kier molecular flexibility index (Phi) is 3.95. The Hall–Kier alpha value is -1.87. The summed E-state index contributed by atoms with van der Waals surface area (Å²) in [6.07, 6.45) is 2.01. The lowest BCUT2D eigenvalue weighted by molar-refractivity contribution is 0.194. The molecule has 1 heterocycles. The summed E-state index contributed by atoms with van der Waals surface area (Å²) in [7, 11) is 0. The van der Waals surface area contributed by atoms with E-state index in [1.54, 1.807) is 19.2 Å². The lowest BCUT2D eigenvalue weighted by atomic mass is 10.1. The summed E-state index contributed by atoms with van der Waals surface area (Å²) in [6.45, 7) is 3.78. The highest BCUT2D eigenvalue weighted by Crippen LogP contribution is 2.25. The molecule has 0 radical (unpaired) electrons. The second-order valence-electron chi connectivity index (χ2n) is 4.16. The summed E-state index contributed by atoms with van der Waals surface area (Å²) in [5.74, 6) is 1.53. The summed E-state index contributed by atoms with van der Waals surface area (Å²) >= 11 is 0. The van der Waals surface area contributed by atoms with Gasteiger partial charge in [-0.05, 0) is 37.1 Å². The van der Waals surface area contributed by atoms with Gasteiger partial charge in [0.15, 0.2) is 0 Å². The molecule has 1 atom stereocenters. The van der Waals surface area contributed by atoms with Gasteiger partial charge in [0.1, 0.15) is 11.5 Å². The lowest BCUT2D eigenvalue weighted by Gasteiger charge is -2.10. The number of aliphatic hydroxyl groups is 1. The Morgan fingerprint density at radius 1 is 1.22 bits per heavy atom. The number of pyridine rings is 1. The fourth-order valence-corrected chi connectivity index (χ4v) is 1.72. The number of benzene rings is 1. The average Bonchev–Trinajstić information content (AvgIpc) is 2.40. The Balaban J connectivity index is 2.18. The van der Waals surface area contributed by atoms with Gasteiger partial charge in [-0.1, -0.05) is 25.1 Å². The second kappa shape index (κ2) is 5.65. The number of hydrogen-bond acceptors (Lipinski definition) is 3. The van der Waals surface area contributed by atoms with Crippen molar-refractivity contribution in [2.75, 3.05) is 0 Å². The van der Waals surface area contributed by atoms with Crippen molar-refractivity contribution < 1.29 is 9.84 Å². The van der Waals surface area contributed by atoms with Crippen LogP contribution in [0.4, 0.5) is 0 Å². The third kappa shape index (κ3) is 2.87. The van der Waals surface area contributed by atoms with Crippen LogP contribution in [0, 0.1) is 0 Å². The highest BCUT2D eigenvalue weighted by atomic mass is 16.5. The van der Waals surface area contributed by atoms with Crippen molar-refractivity contribution in [3.05, 3.63) is 53.9 Å². The van der Waals surface area contributed by atoms with Crippen molar-refractivity contribution in [1.29, 1.82) is 0 Å². The molecule has 1 N–H and O–H groups in total. The van der Waals surface area contributed by atoms with Crippen LogP contribution in [0.2, 0.25) is 0 Å². The standard InChI is InChI=1S/C15H17NO2/c1-3-12-6-4-5-7-15(12)18-13-8-9-14(11(2)17)16-10-13/h4-11,17H,3H2,1-2H3/t11-/m0/s1. The van der Waals surface area contributed by atoms with Crippen LogP contribution in [0.25, 0.3) is 0 Å². The molecule has 0 aliphatic rings. The van der Waals surface area contributed by atoms with Crippen LogP contribution in [0.15, 0.2) is 42.6 Å². The van der Waals surface area contributed by atoms with Crippen LogP contribution in [0.1, 0.15) is 31.2 Å². The first kappa shape index (κ1) is 12.6. The zero-order valence-electron chi connectivity index (χ0n) is 10.6. The maximum Gasteiger partial charge on any atom is 0.145 e. The van der Waals surface area contributed by atoms with Crippen molar-refractivity contribution >= 4 is 0 Å².